The van der Waals surface area contributed by atoms with Gasteiger partial charge in [0.1, 0.15) is 0 Å². The minimum Gasteiger partial charge on any atom is -0.356 e. The first-order valence-corrected chi connectivity index (χ1v) is 8.59. The first kappa shape index (κ1) is 15.5. The molecule has 2 rings (SSSR count). The van der Waals surface area contributed by atoms with Gasteiger partial charge in [-0.1, -0.05) is 19.1 Å². The molecule has 0 aliphatic rings. The van der Waals surface area contributed by atoms with Gasteiger partial charge in [-0.3, -0.25) is 0 Å². The molecule has 112 valence electrons. The second kappa shape index (κ2) is 6.74. The Morgan fingerprint density at radius 2 is 1.48 bits per heavy atom. The zero-order valence-electron chi connectivity index (χ0n) is 12.0. The molecule has 0 spiro atoms. The van der Waals surface area contributed by atoms with Crippen molar-refractivity contribution in [3.63, 3.8) is 0 Å². The predicted molar refractivity (Wildman–Crippen MR) is 86.4 cm³/mol. The molecule has 3 N–H and O–H groups in total. The van der Waals surface area contributed by atoms with Gasteiger partial charge in [-0.2, -0.15) is 0 Å². The van der Waals surface area contributed by atoms with Crippen molar-refractivity contribution in [2.45, 2.75) is 24.8 Å². The summed E-state index contributed by atoms with van der Waals surface area (Å²) in [5, 5.41) is 3.23. The van der Waals surface area contributed by atoms with Gasteiger partial charge < -0.3 is 11.1 Å². The third-order valence-corrected chi connectivity index (χ3v) is 5.10. The van der Waals surface area contributed by atoms with E-state index in [9.17, 15) is 8.42 Å². The molecule has 21 heavy (non-hydrogen) atoms. The first-order valence-electron chi connectivity index (χ1n) is 6.94. The van der Waals surface area contributed by atoms with E-state index < -0.39 is 9.84 Å². The van der Waals surface area contributed by atoms with Crippen LogP contribution in [0.4, 0.5) is 11.4 Å². The van der Waals surface area contributed by atoms with Crippen molar-refractivity contribution >= 4 is 21.2 Å². The monoisotopic (exact) mass is 304 g/mol. The van der Waals surface area contributed by atoms with Crippen LogP contribution in [0.3, 0.4) is 0 Å². The third-order valence-electron chi connectivity index (χ3n) is 3.16. The highest BCUT2D eigenvalue weighted by Gasteiger charge is 2.12. The van der Waals surface area contributed by atoms with Crippen LogP contribution in [0, 0.1) is 0 Å². The van der Waals surface area contributed by atoms with Crippen molar-refractivity contribution in [3.8, 4) is 0 Å². The van der Waals surface area contributed by atoms with Crippen LogP contribution in [-0.4, -0.2) is 14.2 Å². The number of nitrogens with one attached hydrogen (secondary N) is 1. The minimum atomic E-state index is -3.15. The van der Waals surface area contributed by atoms with E-state index in [0.29, 0.717) is 17.9 Å². The Morgan fingerprint density at radius 3 is 1.95 bits per heavy atom. The Kier molecular flexibility index (Phi) is 4.98. The standard InChI is InChI=1S/C16H20N2O2S/c1-2-11-21(19,20)16-9-7-15(8-10-16)18-14-5-3-13(12-17)4-6-14/h3-10,18H,2,11-12,17H2,1H3. The fourth-order valence-electron chi connectivity index (χ4n) is 2.02. The molecule has 0 aromatic heterocycles. The molecule has 0 aliphatic heterocycles. The highest BCUT2D eigenvalue weighted by molar-refractivity contribution is 7.91. The predicted octanol–water partition coefficient (Wildman–Crippen LogP) is 3.07. The molecule has 2 aromatic rings. The maximum Gasteiger partial charge on any atom is 0.178 e. The quantitative estimate of drug-likeness (QED) is 0.860. The Balaban J connectivity index is 2.12. The molecule has 0 heterocycles. The average molecular weight is 304 g/mol. The fourth-order valence-corrected chi connectivity index (χ4v) is 3.35. The molecule has 0 saturated heterocycles. The van der Waals surface area contributed by atoms with Crippen molar-refractivity contribution in [2.24, 2.45) is 5.73 Å². The summed E-state index contributed by atoms with van der Waals surface area (Å²) < 4.78 is 23.9. The molecule has 0 bridgehead atoms. The molecule has 0 atom stereocenters. The van der Waals surface area contributed by atoms with E-state index >= 15 is 0 Å². The van der Waals surface area contributed by atoms with Gasteiger partial charge in [0.05, 0.1) is 10.6 Å². The maximum atomic E-state index is 11.9. The molecule has 0 unspecified atom stereocenters. The highest BCUT2D eigenvalue weighted by Crippen LogP contribution is 2.20. The molecule has 0 saturated carbocycles. The lowest BCUT2D eigenvalue weighted by atomic mass is 10.2. The van der Waals surface area contributed by atoms with Crippen LogP contribution in [0.15, 0.2) is 53.4 Å². The fraction of sp³-hybridized carbons (Fsp3) is 0.250. The molecule has 0 aliphatic carbocycles. The van der Waals surface area contributed by atoms with Gasteiger partial charge in [-0.05, 0) is 48.4 Å². The smallest absolute Gasteiger partial charge is 0.178 e. The van der Waals surface area contributed by atoms with E-state index in [-0.39, 0.29) is 5.75 Å². The summed E-state index contributed by atoms with van der Waals surface area (Å²) in [5.74, 6) is 0.181. The maximum absolute atomic E-state index is 11.9. The summed E-state index contributed by atoms with van der Waals surface area (Å²) in [6.07, 6.45) is 0.621. The molecule has 0 radical (unpaired) electrons. The second-order valence-electron chi connectivity index (χ2n) is 4.87. The van der Waals surface area contributed by atoms with Gasteiger partial charge in [-0.25, -0.2) is 8.42 Å². The minimum absolute atomic E-state index is 0.181. The van der Waals surface area contributed by atoms with Gasteiger partial charge >= 0.3 is 0 Å². The van der Waals surface area contributed by atoms with E-state index in [1.807, 2.05) is 31.2 Å². The molecule has 4 nitrogen and oxygen atoms in total. The first-order chi connectivity index (χ1) is 10.0. The second-order valence-corrected chi connectivity index (χ2v) is 6.98. The van der Waals surface area contributed by atoms with Crippen LogP contribution in [0.25, 0.3) is 0 Å². The molecule has 2 aromatic carbocycles. The average Bonchev–Trinajstić information content (AvgIpc) is 2.48. The zero-order valence-corrected chi connectivity index (χ0v) is 12.9. The van der Waals surface area contributed by atoms with E-state index in [1.165, 1.54) is 0 Å². The van der Waals surface area contributed by atoms with Gasteiger partial charge in [-0.15, -0.1) is 0 Å². The molecule has 0 fully saturated rings. The lowest BCUT2D eigenvalue weighted by Gasteiger charge is -2.08. The summed E-state index contributed by atoms with van der Waals surface area (Å²) >= 11 is 0. The van der Waals surface area contributed by atoms with Gasteiger partial charge in [0, 0.05) is 17.9 Å². The molecule has 0 amide bonds. The largest absolute Gasteiger partial charge is 0.356 e. The number of rotatable bonds is 6. The molecular formula is C16H20N2O2S. The third kappa shape index (κ3) is 4.06. The van der Waals surface area contributed by atoms with Crippen LogP contribution in [0.1, 0.15) is 18.9 Å². The number of anilines is 2. The Morgan fingerprint density at radius 1 is 0.952 bits per heavy atom. The number of hydrogen-bond acceptors (Lipinski definition) is 4. The van der Waals surface area contributed by atoms with E-state index in [0.717, 1.165) is 16.9 Å². The van der Waals surface area contributed by atoms with Crippen LogP contribution < -0.4 is 11.1 Å². The molecular weight excluding hydrogens is 284 g/mol. The topological polar surface area (TPSA) is 72.2 Å². The Hall–Kier alpha value is -1.85. The normalized spacial score (nSPS) is 11.3. The SMILES string of the molecule is CCCS(=O)(=O)c1ccc(Nc2ccc(CN)cc2)cc1. The summed E-state index contributed by atoms with van der Waals surface area (Å²) in [6, 6.07) is 14.7. The van der Waals surface area contributed by atoms with Gasteiger partial charge in [0.15, 0.2) is 9.84 Å². The number of nitrogens with two attached hydrogens (primary N) is 1. The number of hydrogen-bond donors (Lipinski definition) is 2. The van der Waals surface area contributed by atoms with E-state index in [4.69, 9.17) is 5.73 Å². The van der Waals surface area contributed by atoms with Gasteiger partial charge in [0.25, 0.3) is 0 Å². The van der Waals surface area contributed by atoms with E-state index in [2.05, 4.69) is 5.32 Å². The summed E-state index contributed by atoms with van der Waals surface area (Å²) in [4.78, 5) is 0.369. The van der Waals surface area contributed by atoms with Crippen molar-refractivity contribution in [1.82, 2.24) is 0 Å². The Labute approximate surface area is 125 Å². The van der Waals surface area contributed by atoms with Crippen molar-refractivity contribution in [1.29, 1.82) is 0 Å². The summed E-state index contributed by atoms with van der Waals surface area (Å²) in [6.45, 7) is 2.38. The Bertz CT molecular complexity index is 677. The van der Waals surface area contributed by atoms with Crippen molar-refractivity contribution in [3.05, 3.63) is 54.1 Å². The number of benzene rings is 2. The highest BCUT2D eigenvalue weighted by atomic mass is 32.2. The lowest BCUT2D eigenvalue weighted by Crippen LogP contribution is -2.05. The van der Waals surface area contributed by atoms with Crippen LogP contribution in [0.2, 0.25) is 0 Å². The van der Waals surface area contributed by atoms with Crippen LogP contribution in [0.5, 0.6) is 0 Å². The van der Waals surface area contributed by atoms with Crippen LogP contribution >= 0.6 is 0 Å². The lowest BCUT2D eigenvalue weighted by molar-refractivity contribution is 0.595. The van der Waals surface area contributed by atoms with Crippen LogP contribution in [-0.2, 0) is 16.4 Å². The number of sulfone groups is 1. The summed E-state index contributed by atoms with van der Waals surface area (Å²) in [7, 11) is -3.15. The van der Waals surface area contributed by atoms with Crippen molar-refractivity contribution in [2.75, 3.05) is 11.1 Å². The van der Waals surface area contributed by atoms with E-state index in [1.54, 1.807) is 24.3 Å². The van der Waals surface area contributed by atoms with Crippen molar-refractivity contribution < 1.29 is 8.42 Å². The zero-order chi connectivity index (χ0) is 15.3. The molecule has 5 heteroatoms. The summed E-state index contributed by atoms with van der Waals surface area (Å²) in [5.41, 5.74) is 8.42. The van der Waals surface area contributed by atoms with Gasteiger partial charge in [0.2, 0.25) is 0 Å².